The first-order chi connectivity index (χ1) is 12.3. The quantitative estimate of drug-likeness (QED) is 0.858. The third-order valence-corrected chi connectivity index (χ3v) is 5.60. The molecule has 0 radical (unpaired) electrons. The molecule has 1 aliphatic carbocycles. The van der Waals surface area contributed by atoms with Crippen molar-refractivity contribution in [1.82, 2.24) is 14.9 Å². The molecule has 1 aromatic heterocycles. The molecular weight excluding hydrogens is 316 g/mol. The summed E-state index contributed by atoms with van der Waals surface area (Å²) in [6.07, 6.45) is 10.9. The van der Waals surface area contributed by atoms with Crippen molar-refractivity contribution >= 4 is 11.9 Å². The van der Waals surface area contributed by atoms with E-state index in [1.165, 1.54) is 12.8 Å². The van der Waals surface area contributed by atoms with Crippen molar-refractivity contribution < 1.29 is 9.53 Å². The standard InChI is InChI=1S/C19H30N4O2/c1-25-14-15-7-11-23(12-8-15)18(24)13-16-5-2-3-6-17(16)22-19-20-9-4-10-21-19/h4,9-10,15-17H,2-3,5-8,11-14H2,1H3,(H,20,21,22)/t16-,17-/m0/s1. The molecule has 2 aliphatic rings. The number of amides is 1. The van der Waals surface area contributed by atoms with Gasteiger partial charge in [-0.1, -0.05) is 12.8 Å². The molecule has 2 atom stereocenters. The summed E-state index contributed by atoms with van der Waals surface area (Å²) in [5.74, 6) is 1.96. The van der Waals surface area contributed by atoms with Crippen LogP contribution in [0, 0.1) is 11.8 Å². The number of nitrogens with zero attached hydrogens (tertiary/aromatic N) is 3. The Morgan fingerprint density at radius 2 is 1.92 bits per heavy atom. The summed E-state index contributed by atoms with van der Waals surface area (Å²) >= 11 is 0. The van der Waals surface area contributed by atoms with Gasteiger partial charge in [0.05, 0.1) is 0 Å². The van der Waals surface area contributed by atoms with E-state index in [1.54, 1.807) is 19.5 Å². The summed E-state index contributed by atoms with van der Waals surface area (Å²) in [5.41, 5.74) is 0. The number of carbonyl (C=O) groups is 1. The molecule has 0 aromatic carbocycles. The van der Waals surface area contributed by atoms with Crippen molar-refractivity contribution in [2.24, 2.45) is 11.8 Å². The molecule has 25 heavy (non-hydrogen) atoms. The fourth-order valence-electron chi connectivity index (χ4n) is 4.12. The van der Waals surface area contributed by atoms with Crippen LogP contribution in [0.1, 0.15) is 44.9 Å². The molecule has 0 unspecified atom stereocenters. The Labute approximate surface area is 150 Å². The van der Waals surface area contributed by atoms with E-state index in [9.17, 15) is 4.79 Å². The van der Waals surface area contributed by atoms with E-state index in [0.717, 1.165) is 45.4 Å². The minimum Gasteiger partial charge on any atom is -0.384 e. The molecule has 138 valence electrons. The molecule has 1 aliphatic heterocycles. The topological polar surface area (TPSA) is 67.3 Å². The SMILES string of the molecule is COCC1CCN(C(=O)C[C@@H]2CCCC[C@@H]2Nc2ncccn2)CC1. The summed E-state index contributed by atoms with van der Waals surface area (Å²) < 4.78 is 5.25. The first-order valence-electron chi connectivity index (χ1n) is 9.56. The number of likely N-dealkylation sites (tertiary alicyclic amines) is 1. The second kappa shape index (κ2) is 9.13. The smallest absolute Gasteiger partial charge is 0.222 e. The molecule has 6 nitrogen and oxygen atoms in total. The monoisotopic (exact) mass is 346 g/mol. The molecular formula is C19H30N4O2. The van der Waals surface area contributed by atoms with Gasteiger partial charge < -0.3 is 15.0 Å². The van der Waals surface area contributed by atoms with E-state index in [1.807, 2.05) is 6.07 Å². The molecule has 1 aromatic rings. The largest absolute Gasteiger partial charge is 0.384 e. The van der Waals surface area contributed by atoms with E-state index in [2.05, 4.69) is 20.2 Å². The van der Waals surface area contributed by atoms with Gasteiger partial charge in [0.2, 0.25) is 11.9 Å². The van der Waals surface area contributed by atoms with Crippen LogP contribution < -0.4 is 5.32 Å². The van der Waals surface area contributed by atoms with E-state index in [4.69, 9.17) is 4.74 Å². The van der Waals surface area contributed by atoms with Gasteiger partial charge in [-0.05, 0) is 43.6 Å². The Morgan fingerprint density at radius 1 is 1.20 bits per heavy atom. The molecule has 1 N–H and O–H groups in total. The number of carbonyl (C=O) groups excluding carboxylic acids is 1. The van der Waals surface area contributed by atoms with Crippen LogP contribution in [-0.4, -0.2) is 53.6 Å². The van der Waals surface area contributed by atoms with Gasteiger partial charge in [-0.25, -0.2) is 9.97 Å². The van der Waals surface area contributed by atoms with E-state index < -0.39 is 0 Å². The highest BCUT2D eigenvalue weighted by Gasteiger charge is 2.30. The molecule has 0 spiro atoms. The van der Waals surface area contributed by atoms with Crippen LogP contribution >= 0.6 is 0 Å². The van der Waals surface area contributed by atoms with Crippen LogP contribution in [0.5, 0.6) is 0 Å². The van der Waals surface area contributed by atoms with Crippen molar-refractivity contribution in [3.8, 4) is 0 Å². The van der Waals surface area contributed by atoms with E-state index in [-0.39, 0.29) is 0 Å². The number of rotatable bonds is 6. The third kappa shape index (κ3) is 5.14. The maximum Gasteiger partial charge on any atom is 0.222 e. The predicted molar refractivity (Wildman–Crippen MR) is 97.2 cm³/mol. The highest BCUT2D eigenvalue weighted by molar-refractivity contribution is 5.76. The lowest BCUT2D eigenvalue weighted by Crippen LogP contribution is -2.42. The van der Waals surface area contributed by atoms with Crippen LogP contribution in [0.15, 0.2) is 18.5 Å². The summed E-state index contributed by atoms with van der Waals surface area (Å²) in [7, 11) is 1.75. The number of piperidine rings is 1. The van der Waals surface area contributed by atoms with Gasteiger partial charge in [0.15, 0.2) is 0 Å². The van der Waals surface area contributed by atoms with Gasteiger partial charge in [0.1, 0.15) is 0 Å². The Balaban J connectivity index is 1.52. The molecule has 0 bridgehead atoms. The fourth-order valence-corrected chi connectivity index (χ4v) is 4.12. The van der Waals surface area contributed by atoms with E-state index in [0.29, 0.717) is 36.2 Å². The van der Waals surface area contributed by atoms with Crippen molar-refractivity contribution in [2.75, 3.05) is 32.1 Å². The second-order valence-corrected chi connectivity index (χ2v) is 7.35. The summed E-state index contributed by atoms with van der Waals surface area (Å²) in [5, 5.41) is 3.45. The van der Waals surface area contributed by atoms with Crippen LogP contribution in [0.25, 0.3) is 0 Å². The van der Waals surface area contributed by atoms with Gasteiger partial charge in [0.25, 0.3) is 0 Å². The van der Waals surface area contributed by atoms with Crippen molar-refractivity contribution in [3.05, 3.63) is 18.5 Å². The van der Waals surface area contributed by atoms with Gasteiger partial charge in [0, 0.05) is 51.7 Å². The molecule has 1 saturated carbocycles. The highest BCUT2D eigenvalue weighted by Crippen LogP contribution is 2.30. The van der Waals surface area contributed by atoms with Gasteiger partial charge >= 0.3 is 0 Å². The molecule has 6 heteroatoms. The number of anilines is 1. The normalized spacial score (nSPS) is 24.9. The van der Waals surface area contributed by atoms with Crippen molar-refractivity contribution in [1.29, 1.82) is 0 Å². The number of aromatic nitrogens is 2. The number of nitrogens with one attached hydrogen (secondary N) is 1. The zero-order valence-electron chi connectivity index (χ0n) is 15.2. The minimum absolute atomic E-state index is 0.297. The Bertz CT molecular complexity index is 531. The average molecular weight is 346 g/mol. The van der Waals surface area contributed by atoms with Crippen LogP contribution in [0.3, 0.4) is 0 Å². The van der Waals surface area contributed by atoms with Crippen molar-refractivity contribution in [2.45, 2.75) is 51.0 Å². The number of hydrogen-bond acceptors (Lipinski definition) is 5. The Morgan fingerprint density at radius 3 is 2.64 bits per heavy atom. The number of ether oxygens (including phenoxy) is 1. The summed E-state index contributed by atoms with van der Waals surface area (Å²) in [4.78, 5) is 23.4. The van der Waals surface area contributed by atoms with Crippen LogP contribution in [0.4, 0.5) is 5.95 Å². The fraction of sp³-hybridized carbons (Fsp3) is 0.737. The predicted octanol–water partition coefficient (Wildman–Crippen LogP) is 2.72. The lowest BCUT2D eigenvalue weighted by molar-refractivity contribution is -0.134. The lowest BCUT2D eigenvalue weighted by atomic mass is 9.82. The maximum absolute atomic E-state index is 12.8. The average Bonchev–Trinajstić information content (AvgIpc) is 2.65. The first kappa shape index (κ1) is 18.1. The van der Waals surface area contributed by atoms with Crippen molar-refractivity contribution in [3.63, 3.8) is 0 Å². The molecule has 2 heterocycles. The van der Waals surface area contributed by atoms with Gasteiger partial charge in [-0.15, -0.1) is 0 Å². The minimum atomic E-state index is 0.297. The lowest BCUT2D eigenvalue weighted by Gasteiger charge is -2.35. The zero-order chi connectivity index (χ0) is 17.5. The van der Waals surface area contributed by atoms with Gasteiger partial charge in [-0.2, -0.15) is 0 Å². The molecule has 1 saturated heterocycles. The second-order valence-electron chi connectivity index (χ2n) is 7.35. The van der Waals surface area contributed by atoms with Crippen LogP contribution in [0.2, 0.25) is 0 Å². The third-order valence-electron chi connectivity index (χ3n) is 5.60. The highest BCUT2D eigenvalue weighted by atomic mass is 16.5. The van der Waals surface area contributed by atoms with Crippen LogP contribution in [-0.2, 0) is 9.53 Å². The summed E-state index contributed by atoms with van der Waals surface area (Å²) in [6, 6.07) is 2.12. The Hall–Kier alpha value is -1.69. The zero-order valence-corrected chi connectivity index (χ0v) is 15.2. The van der Waals surface area contributed by atoms with Gasteiger partial charge in [-0.3, -0.25) is 4.79 Å². The number of hydrogen-bond donors (Lipinski definition) is 1. The number of methoxy groups -OCH3 is 1. The Kier molecular flexibility index (Phi) is 6.62. The molecule has 2 fully saturated rings. The van der Waals surface area contributed by atoms with E-state index >= 15 is 0 Å². The maximum atomic E-state index is 12.8. The first-order valence-corrected chi connectivity index (χ1v) is 9.56. The molecule has 1 amide bonds. The molecule has 3 rings (SSSR count). The summed E-state index contributed by atoms with van der Waals surface area (Å²) in [6.45, 7) is 2.56.